The van der Waals surface area contributed by atoms with Crippen LogP contribution >= 0.6 is 24.0 Å². The van der Waals surface area contributed by atoms with Gasteiger partial charge in [0.05, 0.1) is 4.92 Å². The quantitative estimate of drug-likeness (QED) is 0.588. The van der Waals surface area contributed by atoms with Crippen LogP contribution in [0, 0.1) is 16.0 Å². The molecule has 2 rings (SSSR count). The molecule has 0 heterocycles. The van der Waals surface area contributed by atoms with Crippen molar-refractivity contribution in [1.29, 1.82) is 0 Å². The van der Waals surface area contributed by atoms with Crippen LogP contribution < -0.4 is 10.5 Å². The van der Waals surface area contributed by atoms with Crippen molar-refractivity contribution >= 4 is 39.7 Å². The average Bonchev–Trinajstić information content (AvgIpc) is 3.22. The Bertz CT molecular complexity index is 679. The number of rotatable bonds is 6. The van der Waals surface area contributed by atoms with Crippen LogP contribution in [0.3, 0.4) is 0 Å². The summed E-state index contributed by atoms with van der Waals surface area (Å²) in [5.74, 6) is 0.156. The Balaban J connectivity index is 0.00000242. The lowest BCUT2D eigenvalue weighted by atomic mass is 9.98. The third-order valence-corrected chi connectivity index (χ3v) is 5.57. The van der Waals surface area contributed by atoms with Crippen LogP contribution in [-0.4, -0.2) is 25.4 Å². The van der Waals surface area contributed by atoms with E-state index in [-0.39, 0.29) is 29.9 Å². The van der Waals surface area contributed by atoms with Crippen LogP contribution in [0.2, 0.25) is 5.02 Å². The fourth-order valence-electron chi connectivity index (χ4n) is 2.23. The SMILES string of the molecule is CC(CN)(NS(=O)(=O)c1ccc(Cl)cc1[N+](=O)[O-])C1CC1.Cl. The summed E-state index contributed by atoms with van der Waals surface area (Å²) in [7, 11) is -4.06. The number of nitrogens with zero attached hydrogens (tertiary/aromatic N) is 1. The summed E-state index contributed by atoms with van der Waals surface area (Å²) in [6.07, 6.45) is 1.78. The maximum absolute atomic E-state index is 12.5. The van der Waals surface area contributed by atoms with Crippen molar-refractivity contribution in [3.05, 3.63) is 33.3 Å². The third kappa shape index (κ3) is 3.88. The standard InChI is InChI=1S/C12H16ClN3O4S.ClH/c1-12(7-14,8-2-3-8)15-21(19,20)11-5-4-9(13)6-10(11)16(17)18;/h4-6,8,15H,2-3,7,14H2,1H3;1H. The average molecular weight is 370 g/mol. The summed E-state index contributed by atoms with van der Waals surface area (Å²) in [6, 6.07) is 3.46. The lowest BCUT2D eigenvalue weighted by molar-refractivity contribution is -0.387. The Morgan fingerprint density at radius 2 is 2.09 bits per heavy atom. The zero-order valence-corrected chi connectivity index (χ0v) is 14.2. The van der Waals surface area contributed by atoms with E-state index >= 15 is 0 Å². The van der Waals surface area contributed by atoms with Crippen molar-refractivity contribution in [2.75, 3.05) is 6.54 Å². The van der Waals surface area contributed by atoms with Crippen molar-refractivity contribution in [1.82, 2.24) is 4.72 Å². The van der Waals surface area contributed by atoms with Crippen molar-refractivity contribution in [2.24, 2.45) is 11.7 Å². The highest BCUT2D eigenvalue weighted by molar-refractivity contribution is 7.89. The smallest absolute Gasteiger partial charge is 0.290 e. The molecule has 0 amide bonds. The molecule has 1 aliphatic rings. The summed E-state index contributed by atoms with van der Waals surface area (Å²) in [5, 5.41) is 11.1. The fourth-order valence-corrected chi connectivity index (χ4v) is 4.03. The van der Waals surface area contributed by atoms with Crippen LogP contribution in [0.25, 0.3) is 0 Å². The Morgan fingerprint density at radius 3 is 2.55 bits per heavy atom. The van der Waals surface area contributed by atoms with Gasteiger partial charge in [0, 0.05) is 23.2 Å². The van der Waals surface area contributed by atoms with Crippen molar-refractivity contribution in [3.63, 3.8) is 0 Å². The molecular weight excluding hydrogens is 353 g/mol. The van der Waals surface area contributed by atoms with E-state index in [0.29, 0.717) is 0 Å². The van der Waals surface area contributed by atoms with Crippen LogP contribution in [0.5, 0.6) is 0 Å². The van der Waals surface area contributed by atoms with Gasteiger partial charge >= 0.3 is 0 Å². The monoisotopic (exact) mass is 369 g/mol. The van der Waals surface area contributed by atoms with Gasteiger partial charge in [0.2, 0.25) is 10.0 Å². The van der Waals surface area contributed by atoms with Crippen LogP contribution in [0.4, 0.5) is 5.69 Å². The number of nitro groups is 1. The highest BCUT2D eigenvalue weighted by atomic mass is 35.5. The summed E-state index contributed by atoms with van der Waals surface area (Å²) in [4.78, 5) is 9.86. The molecule has 1 unspecified atom stereocenters. The zero-order chi connectivity index (χ0) is 15.8. The highest BCUT2D eigenvalue weighted by Crippen LogP contribution is 2.40. The minimum atomic E-state index is -4.06. The summed E-state index contributed by atoms with van der Waals surface area (Å²) in [6.45, 7) is 1.84. The molecule has 3 N–H and O–H groups in total. The molecule has 124 valence electrons. The minimum Gasteiger partial charge on any atom is -0.329 e. The van der Waals surface area contributed by atoms with E-state index in [9.17, 15) is 18.5 Å². The fraction of sp³-hybridized carbons (Fsp3) is 0.500. The highest BCUT2D eigenvalue weighted by Gasteiger charge is 2.44. The molecule has 0 spiro atoms. The second-order valence-corrected chi connectivity index (χ2v) is 7.46. The molecule has 0 aromatic heterocycles. The molecule has 0 bridgehead atoms. The third-order valence-electron chi connectivity index (χ3n) is 3.68. The molecule has 0 aliphatic heterocycles. The second kappa shape index (κ2) is 6.67. The van der Waals surface area contributed by atoms with Gasteiger partial charge in [0.25, 0.3) is 5.69 Å². The summed E-state index contributed by atoms with van der Waals surface area (Å²) >= 11 is 5.69. The van der Waals surface area contributed by atoms with Crippen LogP contribution in [-0.2, 0) is 10.0 Å². The van der Waals surface area contributed by atoms with E-state index in [1.807, 2.05) is 0 Å². The molecule has 1 atom stereocenters. The van der Waals surface area contributed by atoms with Gasteiger partial charge in [-0.25, -0.2) is 13.1 Å². The maximum atomic E-state index is 12.5. The van der Waals surface area contributed by atoms with E-state index in [0.717, 1.165) is 25.0 Å². The van der Waals surface area contributed by atoms with Crippen molar-refractivity contribution in [2.45, 2.75) is 30.2 Å². The topological polar surface area (TPSA) is 115 Å². The lowest BCUT2D eigenvalue weighted by Gasteiger charge is -2.28. The lowest BCUT2D eigenvalue weighted by Crippen LogP contribution is -2.53. The summed E-state index contributed by atoms with van der Waals surface area (Å²) in [5.41, 5.74) is 4.32. The minimum absolute atomic E-state index is 0. The molecule has 1 aromatic carbocycles. The molecule has 1 aromatic rings. The van der Waals surface area contributed by atoms with Crippen LogP contribution in [0.15, 0.2) is 23.1 Å². The molecule has 10 heteroatoms. The Kier molecular flexibility index (Phi) is 5.80. The second-order valence-electron chi connectivity index (χ2n) is 5.37. The molecule has 7 nitrogen and oxygen atoms in total. The van der Waals surface area contributed by atoms with Gasteiger partial charge in [-0.05, 0) is 37.8 Å². The molecule has 1 saturated carbocycles. The van der Waals surface area contributed by atoms with E-state index in [1.54, 1.807) is 6.92 Å². The van der Waals surface area contributed by atoms with Crippen molar-refractivity contribution < 1.29 is 13.3 Å². The van der Waals surface area contributed by atoms with E-state index in [4.69, 9.17) is 17.3 Å². The number of nitrogens with two attached hydrogens (primary N) is 1. The first-order valence-electron chi connectivity index (χ1n) is 6.37. The molecule has 1 aliphatic carbocycles. The molecular formula is C12H17Cl2N3O4S. The number of halogens is 2. The predicted molar refractivity (Wildman–Crippen MR) is 85.9 cm³/mol. The van der Waals surface area contributed by atoms with Crippen LogP contribution in [0.1, 0.15) is 19.8 Å². The van der Waals surface area contributed by atoms with Gasteiger partial charge in [-0.3, -0.25) is 10.1 Å². The molecule has 1 fully saturated rings. The first-order chi connectivity index (χ1) is 9.69. The number of nitrogens with one attached hydrogen (secondary N) is 1. The largest absolute Gasteiger partial charge is 0.329 e. The van der Waals surface area contributed by atoms with Crippen molar-refractivity contribution in [3.8, 4) is 0 Å². The number of hydrogen-bond acceptors (Lipinski definition) is 5. The number of benzene rings is 1. The van der Waals surface area contributed by atoms with E-state index < -0.39 is 31.1 Å². The zero-order valence-electron chi connectivity index (χ0n) is 11.8. The Morgan fingerprint density at radius 1 is 1.50 bits per heavy atom. The van der Waals surface area contributed by atoms with Gasteiger partial charge in [-0.1, -0.05) is 11.6 Å². The normalized spacial score (nSPS) is 17.4. The number of nitro benzene ring substituents is 1. The van der Waals surface area contributed by atoms with Gasteiger partial charge in [-0.15, -0.1) is 12.4 Å². The van der Waals surface area contributed by atoms with Gasteiger partial charge < -0.3 is 5.73 Å². The molecule has 22 heavy (non-hydrogen) atoms. The molecule has 0 radical (unpaired) electrons. The Hall–Kier alpha value is -0.930. The summed E-state index contributed by atoms with van der Waals surface area (Å²) < 4.78 is 27.4. The maximum Gasteiger partial charge on any atom is 0.290 e. The first kappa shape index (κ1) is 19.1. The van der Waals surface area contributed by atoms with Gasteiger partial charge in [0.15, 0.2) is 4.90 Å². The Labute approximate surface area is 139 Å². The van der Waals surface area contributed by atoms with Gasteiger partial charge in [-0.2, -0.15) is 0 Å². The van der Waals surface area contributed by atoms with E-state index in [1.165, 1.54) is 6.07 Å². The van der Waals surface area contributed by atoms with Gasteiger partial charge in [0.1, 0.15) is 0 Å². The first-order valence-corrected chi connectivity index (χ1v) is 8.24. The molecule has 0 saturated heterocycles. The number of sulfonamides is 1. The predicted octanol–water partition coefficient (Wildman–Crippen LogP) is 2.08. The van der Waals surface area contributed by atoms with E-state index in [2.05, 4.69) is 4.72 Å². The number of hydrogen-bond donors (Lipinski definition) is 2.